The van der Waals surface area contributed by atoms with Gasteiger partial charge in [0.05, 0.1) is 0 Å². The molecule has 1 saturated carbocycles. The number of rotatable bonds is 5. The van der Waals surface area contributed by atoms with Crippen molar-refractivity contribution in [3.8, 4) is 0 Å². The average Bonchev–Trinajstić information content (AvgIpc) is 2.25. The highest BCUT2D eigenvalue weighted by Crippen LogP contribution is 2.62. The lowest BCUT2D eigenvalue weighted by molar-refractivity contribution is 0.490. The van der Waals surface area contributed by atoms with Crippen molar-refractivity contribution in [1.82, 2.24) is 0 Å². The SMILES string of the molecule is C[Si](C)(C)[C]([Al]([Br])[Br])([Si](C)(C)C)[Si](C)(C)C1CCCCC1. The molecule has 0 aliphatic heterocycles. The van der Waals surface area contributed by atoms with Crippen molar-refractivity contribution in [2.24, 2.45) is 0 Å². The van der Waals surface area contributed by atoms with Gasteiger partial charge < -0.3 is 0 Å². The lowest BCUT2D eigenvalue weighted by Crippen LogP contribution is -2.72. The maximum absolute atomic E-state index is 4.23. The molecule has 1 rings (SSSR count). The highest BCUT2D eigenvalue weighted by atomic mass is 79.9. The van der Waals surface area contributed by atoms with Crippen LogP contribution in [0.25, 0.3) is 0 Å². The van der Waals surface area contributed by atoms with Crippen LogP contribution in [0.3, 0.4) is 0 Å². The lowest BCUT2D eigenvalue weighted by atomic mass is 10.0. The summed E-state index contributed by atoms with van der Waals surface area (Å²) in [7, 11) is -4.91. The molecule has 0 nitrogen and oxygen atoms in total. The van der Waals surface area contributed by atoms with E-state index in [0.29, 0.717) is 0 Å². The van der Waals surface area contributed by atoms with Gasteiger partial charge in [-0.05, 0) is 5.54 Å². The van der Waals surface area contributed by atoms with Crippen molar-refractivity contribution in [2.75, 3.05) is 0 Å². The first-order valence-corrected chi connectivity index (χ1v) is 25.6. The van der Waals surface area contributed by atoms with E-state index in [1.807, 2.05) is 0 Å². The summed E-state index contributed by atoms with van der Waals surface area (Å²) in [5.41, 5.74) is 1.06. The van der Waals surface area contributed by atoms with Crippen molar-refractivity contribution < 1.29 is 0 Å². The Bertz CT molecular complexity index is 339. The quantitative estimate of drug-likeness (QED) is 0.357. The fourth-order valence-corrected chi connectivity index (χ4v) is 77.9. The Balaban J connectivity index is 3.47. The highest BCUT2D eigenvalue weighted by molar-refractivity contribution is 9.49. The summed E-state index contributed by atoms with van der Waals surface area (Å²) in [6, 6.07) is 0. The highest BCUT2D eigenvalue weighted by Gasteiger charge is 2.67. The minimum Gasteiger partial charge on any atom is -0.197 e. The Labute approximate surface area is 155 Å². The van der Waals surface area contributed by atoms with E-state index < -0.39 is 34.7 Å². The molecule has 0 radical (unpaired) electrons. The van der Waals surface area contributed by atoms with Crippen LogP contribution in [0.5, 0.6) is 0 Å². The van der Waals surface area contributed by atoms with Gasteiger partial charge in [-0.2, -0.15) is 28.1 Å². The van der Waals surface area contributed by atoms with Crippen molar-refractivity contribution in [3.05, 3.63) is 0 Å². The van der Waals surface area contributed by atoms with Crippen LogP contribution in [0.4, 0.5) is 0 Å². The van der Waals surface area contributed by atoms with Crippen molar-refractivity contribution in [1.29, 1.82) is 0 Å². The minimum absolute atomic E-state index is 0.717. The molecule has 0 N–H and O–H groups in total. The van der Waals surface area contributed by atoms with E-state index in [4.69, 9.17) is 0 Å². The Kier molecular flexibility index (Phi) is 7.24. The predicted molar refractivity (Wildman–Crippen MR) is 117 cm³/mol. The van der Waals surface area contributed by atoms with E-state index in [0.717, 1.165) is 8.69 Å². The third-order valence-corrected chi connectivity index (χ3v) is 51.0. The molecule has 1 fully saturated rings. The zero-order valence-electron chi connectivity index (χ0n) is 15.4. The molecule has 0 amide bonds. The molecule has 0 heterocycles. The van der Waals surface area contributed by atoms with E-state index in [2.05, 4.69) is 80.5 Å². The molecule has 0 atom stereocenters. The van der Waals surface area contributed by atoms with Gasteiger partial charge in [-0.3, -0.25) is 0 Å². The molecule has 0 spiro atoms. The molecular formula is C15H35AlBr2Si3. The van der Waals surface area contributed by atoms with Crippen LogP contribution in [-0.2, 0) is 0 Å². The summed E-state index contributed by atoms with van der Waals surface area (Å²) in [5, 5.41) is 0. The summed E-state index contributed by atoms with van der Waals surface area (Å²) >= 11 is 8.46. The van der Waals surface area contributed by atoms with Crippen LogP contribution in [0, 0.1) is 0 Å². The molecule has 6 heteroatoms. The van der Waals surface area contributed by atoms with Crippen LogP contribution in [-0.4, -0.2) is 34.7 Å². The summed E-state index contributed by atoms with van der Waals surface area (Å²) in [4.78, 5) is 0. The normalized spacial score (nSPS) is 19.7. The molecule has 124 valence electrons. The topological polar surface area (TPSA) is 0 Å². The van der Waals surface area contributed by atoms with Gasteiger partial charge in [0.2, 0.25) is 0 Å². The maximum Gasteiger partial charge on any atom is 0.454 e. The molecule has 0 unspecified atom stereocenters. The Morgan fingerprint density at radius 1 is 0.762 bits per heavy atom. The van der Waals surface area contributed by atoms with Crippen molar-refractivity contribution >= 4 is 62.8 Å². The van der Waals surface area contributed by atoms with Gasteiger partial charge in [-0.25, -0.2) is 0 Å². The summed E-state index contributed by atoms with van der Waals surface area (Å²) in [5.74, 6) is 0. The maximum atomic E-state index is 4.23. The Morgan fingerprint density at radius 2 is 1.14 bits per heavy atom. The first-order valence-electron chi connectivity index (χ1n) is 8.58. The molecule has 0 aromatic rings. The molecule has 0 saturated heterocycles. The van der Waals surface area contributed by atoms with Gasteiger partial charge in [0.1, 0.15) is 0 Å². The zero-order chi connectivity index (χ0) is 16.7. The van der Waals surface area contributed by atoms with Crippen LogP contribution in [0.15, 0.2) is 0 Å². The third-order valence-electron chi connectivity index (χ3n) is 6.34. The molecule has 0 aromatic carbocycles. The second kappa shape index (κ2) is 7.17. The van der Waals surface area contributed by atoms with Crippen molar-refractivity contribution in [2.45, 2.75) is 93.2 Å². The van der Waals surface area contributed by atoms with Gasteiger partial charge >= 0.3 is 10.5 Å². The Morgan fingerprint density at radius 3 is 1.43 bits per heavy atom. The van der Waals surface area contributed by atoms with Gasteiger partial charge in [-0.15, -0.1) is 0 Å². The molecule has 1 aliphatic carbocycles. The lowest BCUT2D eigenvalue weighted by Gasteiger charge is -2.63. The van der Waals surface area contributed by atoms with E-state index in [-0.39, 0.29) is 0 Å². The molecule has 0 bridgehead atoms. The second-order valence-electron chi connectivity index (χ2n) is 9.67. The van der Waals surface area contributed by atoms with Crippen LogP contribution in [0.2, 0.25) is 61.1 Å². The van der Waals surface area contributed by atoms with Crippen LogP contribution >= 0.6 is 28.1 Å². The second-order valence-corrected chi connectivity index (χ2v) is 39.2. The van der Waals surface area contributed by atoms with Crippen molar-refractivity contribution in [3.63, 3.8) is 0 Å². The Hall–Kier alpha value is 2.14. The van der Waals surface area contributed by atoms with E-state index in [1.54, 1.807) is 0 Å². The number of hydrogen-bond donors (Lipinski definition) is 0. The smallest absolute Gasteiger partial charge is 0.197 e. The third kappa shape index (κ3) is 3.72. The predicted octanol–water partition coefficient (Wildman–Crippen LogP) is 7.34. The minimum atomic E-state index is -1.32. The molecular weight excluding hydrogens is 451 g/mol. The van der Waals surface area contributed by atoms with Crippen LogP contribution in [0.1, 0.15) is 32.1 Å². The van der Waals surface area contributed by atoms with Crippen LogP contribution < -0.4 is 0 Å². The largest absolute Gasteiger partial charge is 0.454 e. The van der Waals surface area contributed by atoms with E-state index in [1.165, 1.54) is 32.1 Å². The number of halogens is 2. The molecule has 21 heavy (non-hydrogen) atoms. The molecule has 1 aliphatic rings. The number of hydrogen-bond acceptors (Lipinski definition) is 0. The van der Waals surface area contributed by atoms with E-state index in [9.17, 15) is 0 Å². The summed E-state index contributed by atoms with van der Waals surface area (Å²) < 4.78 is 0.717. The van der Waals surface area contributed by atoms with Gasteiger partial charge in [-0.1, -0.05) is 87.6 Å². The molecule has 0 aromatic heterocycles. The fourth-order valence-electron chi connectivity index (χ4n) is 6.14. The summed E-state index contributed by atoms with van der Waals surface area (Å²) in [6.45, 7) is 21.6. The fraction of sp³-hybridized carbons (Fsp3) is 1.00. The average molecular weight is 486 g/mol. The zero-order valence-corrected chi connectivity index (χ0v) is 22.8. The standard InChI is InChI=1S/C15H35Si3.Al.2BrH/c1-16(2,3)15(17(4,5)6)18(7,8)14-12-10-9-11-13-14;;;/h14H,9-13H2,1-8H3;;2*1H/q;+2;;/p-2. The van der Waals surface area contributed by atoms with Gasteiger partial charge in [0, 0.05) is 24.2 Å². The summed E-state index contributed by atoms with van der Waals surface area (Å²) in [6.07, 6.45) is 7.52. The van der Waals surface area contributed by atoms with Gasteiger partial charge in [0.25, 0.3) is 0 Å². The first kappa shape index (κ1) is 21.2. The monoisotopic (exact) mass is 484 g/mol. The first-order chi connectivity index (χ1) is 9.30. The van der Waals surface area contributed by atoms with Gasteiger partial charge in [0.15, 0.2) is 0 Å². The van der Waals surface area contributed by atoms with E-state index >= 15 is 0 Å².